The number of hydrogen-bond donors (Lipinski definition) is 0. The smallest absolute Gasteiger partial charge is 0.178 e. The maximum atomic E-state index is 12.8. The van der Waals surface area contributed by atoms with Crippen LogP contribution in [0.3, 0.4) is 0 Å². The van der Waals surface area contributed by atoms with Crippen molar-refractivity contribution in [3.8, 4) is 0 Å². The lowest BCUT2D eigenvalue weighted by atomic mass is 9.86. The van der Waals surface area contributed by atoms with E-state index in [2.05, 4.69) is 24.8 Å². The van der Waals surface area contributed by atoms with Crippen molar-refractivity contribution in [1.29, 1.82) is 0 Å². The van der Waals surface area contributed by atoms with Gasteiger partial charge < -0.3 is 4.74 Å². The van der Waals surface area contributed by atoms with Gasteiger partial charge in [0.15, 0.2) is 5.78 Å². The van der Waals surface area contributed by atoms with Gasteiger partial charge in [-0.05, 0) is 45.1 Å². The fraction of sp³-hybridized carbons (Fsp3) is 0.812. The normalized spacial score (nSPS) is 23.4. The average molecular weight is 265 g/mol. The molecule has 1 aliphatic carbocycles. The lowest BCUT2D eigenvalue weighted by Crippen LogP contribution is -2.54. The van der Waals surface area contributed by atoms with Crippen LogP contribution in [0.15, 0.2) is 11.6 Å². The summed E-state index contributed by atoms with van der Waals surface area (Å²) in [6, 6.07) is 0. The number of Topliss-reactive ketones (excluding diaryl/α,β-unsaturated/α-hetero) is 1. The molecule has 0 bridgehead atoms. The van der Waals surface area contributed by atoms with Crippen molar-refractivity contribution in [2.45, 2.75) is 57.9 Å². The van der Waals surface area contributed by atoms with Crippen molar-refractivity contribution in [2.24, 2.45) is 0 Å². The van der Waals surface area contributed by atoms with E-state index in [-0.39, 0.29) is 5.54 Å². The second kappa shape index (κ2) is 6.67. The van der Waals surface area contributed by atoms with Gasteiger partial charge in [0.1, 0.15) is 0 Å². The highest BCUT2D eigenvalue weighted by atomic mass is 16.5. The number of nitrogens with zero attached hydrogens (tertiary/aromatic N) is 1. The van der Waals surface area contributed by atoms with Crippen molar-refractivity contribution >= 4 is 5.78 Å². The van der Waals surface area contributed by atoms with Crippen LogP contribution in [0, 0.1) is 0 Å². The summed E-state index contributed by atoms with van der Waals surface area (Å²) in [5.74, 6) is 0.330. The van der Waals surface area contributed by atoms with Crippen LogP contribution in [0.5, 0.6) is 0 Å². The van der Waals surface area contributed by atoms with Gasteiger partial charge in [0.05, 0.1) is 18.8 Å². The van der Waals surface area contributed by atoms with E-state index in [1.807, 2.05) is 0 Å². The Morgan fingerprint density at radius 1 is 1.16 bits per heavy atom. The molecule has 0 aromatic heterocycles. The van der Waals surface area contributed by atoms with Crippen molar-refractivity contribution < 1.29 is 9.53 Å². The Bertz CT molecular complexity index is 341. The molecule has 0 radical (unpaired) electrons. The van der Waals surface area contributed by atoms with Gasteiger partial charge in [-0.25, -0.2) is 0 Å². The molecule has 2 aliphatic rings. The lowest BCUT2D eigenvalue weighted by molar-refractivity contribution is -0.128. The SMILES string of the molecule is CC(C)(C(=O)C1=CCCCCCC1)N1CCOCC1. The first-order valence-corrected chi connectivity index (χ1v) is 7.69. The van der Waals surface area contributed by atoms with E-state index in [0.717, 1.165) is 51.1 Å². The van der Waals surface area contributed by atoms with Crippen LogP contribution in [0.25, 0.3) is 0 Å². The highest BCUT2D eigenvalue weighted by Gasteiger charge is 2.36. The van der Waals surface area contributed by atoms with Crippen LogP contribution < -0.4 is 0 Å². The second-order valence-electron chi connectivity index (χ2n) is 6.17. The molecule has 0 unspecified atom stereocenters. The number of rotatable bonds is 3. The van der Waals surface area contributed by atoms with Gasteiger partial charge in [-0.15, -0.1) is 0 Å². The zero-order valence-corrected chi connectivity index (χ0v) is 12.4. The third-order valence-electron chi connectivity index (χ3n) is 4.44. The maximum absolute atomic E-state index is 12.8. The van der Waals surface area contributed by atoms with Crippen molar-refractivity contribution in [3.63, 3.8) is 0 Å². The van der Waals surface area contributed by atoms with Gasteiger partial charge in [0, 0.05) is 13.1 Å². The summed E-state index contributed by atoms with van der Waals surface area (Å²) in [7, 11) is 0. The van der Waals surface area contributed by atoms with E-state index in [9.17, 15) is 4.79 Å². The second-order valence-corrected chi connectivity index (χ2v) is 6.17. The van der Waals surface area contributed by atoms with Crippen molar-refractivity contribution in [2.75, 3.05) is 26.3 Å². The molecule has 1 fully saturated rings. The van der Waals surface area contributed by atoms with Gasteiger partial charge in [-0.1, -0.05) is 18.9 Å². The third-order valence-corrected chi connectivity index (χ3v) is 4.44. The first-order chi connectivity index (χ1) is 9.12. The first-order valence-electron chi connectivity index (χ1n) is 7.69. The molecule has 0 atom stereocenters. The highest BCUT2D eigenvalue weighted by molar-refractivity contribution is 6.02. The quantitative estimate of drug-likeness (QED) is 0.786. The predicted octanol–water partition coefficient (Wildman–Crippen LogP) is 2.95. The van der Waals surface area contributed by atoms with Crippen molar-refractivity contribution in [3.05, 3.63) is 11.6 Å². The zero-order chi connectivity index (χ0) is 13.7. The number of ketones is 1. The molecule has 19 heavy (non-hydrogen) atoms. The highest BCUT2D eigenvalue weighted by Crippen LogP contribution is 2.26. The molecule has 0 aromatic rings. The summed E-state index contributed by atoms with van der Waals surface area (Å²) in [5.41, 5.74) is 0.686. The van der Waals surface area contributed by atoms with Gasteiger partial charge in [-0.3, -0.25) is 9.69 Å². The molecule has 0 N–H and O–H groups in total. The van der Waals surface area contributed by atoms with Crippen LogP contribution in [0.1, 0.15) is 52.4 Å². The maximum Gasteiger partial charge on any atom is 0.178 e. The van der Waals surface area contributed by atoms with Gasteiger partial charge in [0.25, 0.3) is 0 Å². The molecule has 2 rings (SSSR count). The number of morpholine rings is 1. The molecule has 1 saturated heterocycles. The number of hydrogen-bond acceptors (Lipinski definition) is 3. The minimum Gasteiger partial charge on any atom is -0.379 e. The fourth-order valence-corrected chi connectivity index (χ4v) is 3.06. The van der Waals surface area contributed by atoms with E-state index in [4.69, 9.17) is 4.74 Å². The third kappa shape index (κ3) is 3.67. The van der Waals surface area contributed by atoms with Crippen molar-refractivity contribution in [1.82, 2.24) is 4.90 Å². The Kier molecular flexibility index (Phi) is 5.17. The summed E-state index contributed by atoms with van der Waals surface area (Å²) in [5, 5.41) is 0. The van der Waals surface area contributed by atoms with Crippen LogP contribution in [0.4, 0.5) is 0 Å². The van der Waals surface area contributed by atoms with Crippen LogP contribution >= 0.6 is 0 Å². The minimum absolute atomic E-state index is 0.330. The molecule has 0 spiro atoms. The molecular formula is C16H27NO2. The number of allylic oxidation sites excluding steroid dienone is 1. The largest absolute Gasteiger partial charge is 0.379 e. The van der Waals surface area contributed by atoms with Crippen LogP contribution in [-0.2, 0) is 9.53 Å². The summed E-state index contributed by atoms with van der Waals surface area (Å²) in [6.45, 7) is 7.37. The fourth-order valence-electron chi connectivity index (χ4n) is 3.06. The first kappa shape index (κ1) is 14.7. The molecule has 1 heterocycles. The summed E-state index contributed by atoms with van der Waals surface area (Å²) in [4.78, 5) is 15.1. The molecule has 0 saturated carbocycles. The van der Waals surface area contributed by atoms with E-state index in [0.29, 0.717) is 5.78 Å². The monoisotopic (exact) mass is 265 g/mol. The van der Waals surface area contributed by atoms with E-state index in [1.165, 1.54) is 19.3 Å². The summed E-state index contributed by atoms with van der Waals surface area (Å²) >= 11 is 0. The minimum atomic E-state index is -0.380. The van der Waals surface area contributed by atoms with Crippen LogP contribution in [0.2, 0.25) is 0 Å². The number of ether oxygens (including phenoxy) is 1. The Morgan fingerprint density at radius 2 is 1.84 bits per heavy atom. The van der Waals surface area contributed by atoms with Crippen LogP contribution in [-0.4, -0.2) is 42.5 Å². The van der Waals surface area contributed by atoms with Gasteiger partial charge >= 0.3 is 0 Å². The Labute approximate surface area is 117 Å². The summed E-state index contributed by atoms with van der Waals surface area (Å²) in [6.07, 6.45) is 9.20. The Hall–Kier alpha value is -0.670. The topological polar surface area (TPSA) is 29.5 Å². The van der Waals surface area contributed by atoms with E-state index >= 15 is 0 Å². The molecule has 0 aromatic carbocycles. The molecule has 108 valence electrons. The lowest BCUT2D eigenvalue weighted by Gasteiger charge is -2.40. The van der Waals surface area contributed by atoms with E-state index < -0.39 is 0 Å². The standard InChI is InChI=1S/C16H27NO2/c1-16(2,17-10-12-19-13-11-17)15(18)14-8-6-4-3-5-7-9-14/h8H,3-7,9-13H2,1-2H3. The summed E-state index contributed by atoms with van der Waals surface area (Å²) < 4.78 is 5.39. The molecular weight excluding hydrogens is 238 g/mol. The Balaban J connectivity index is 2.06. The molecule has 3 heteroatoms. The number of carbonyl (C=O) groups excluding carboxylic acids is 1. The zero-order valence-electron chi connectivity index (χ0n) is 12.4. The molecule has 1 aliphatic heterocycles. The Morgan fingerprint density at radius 3 is 2.58 bits per heavy atom. The predicted molar refractivity (Wildman–Crippen MR) is 77.3 cm³/mol. The number of carbonyl (C=O) groups is 1. The molecule has 3 nitrogen and oxygen atoms in total. The van der Waals surface area contributed by atoms with Gasteiger partial charge in [-0.2, -0.15) is 0 Å². The van der Waals surface area contributed by atoms with E-state index in [1.54, 1.807) is 0 Å². The average Bonchev–Trinajstić information content (AvgIpc) is 2.39. The molecule has 0 amide bonds. The van der Waals surface area contributed by atoms with Gasteiger partial charge in [0.2, 0.25) is 0 Å².